The molecule has 1 fully saturated rings. The van der Waals surface area contributed by atoms with Gasteiger partial charge < -0.3 is 25.3 Å². The Kier molecular flexibility index (Phi) is 5.49. The molecule has 0 heterocycles. The van der Waals surface area contributed by atoms with Crippen molar-refractivity contribution in [3.05, 3.63) is 17.7 Å². The molecule has 0 saturated heterocycles. The highest BCUT2D eigenvalue weighted by Crippen LogP contribution is 2.38. The first kappa shape index (κ1) is 16.4. The predicted molar refractivity (Wildman–Crippen MR) is 83.8 cm³/mol. The molecular weight excluding hydrogens is 284 g/mol. The van der Waals surface area contributed by atoms with Gasteiger partial charge in [-0.05, 0) is 25.0 Å². The molecule has 22 heavy (non-hydrogen) atoms. The first-order valence-electron chi connectivity index (χ1n) is 7.47. The Labute approximate surface area is 130 Å². The van der Waals surface area contributed by atoms with Crippen LogP contribution >= 0.6 is 0 Å². The third-order valence-electron chi connectivity index (χ3n) is 4.06. The van der Waals surface area contributed by atoms with Gasteiger partial charge >= 0.3 is 0 Å². The van der Waals surface area contributed by atoms with Crippen LogP contribution in [0.15, 0.2) is 12.1 Å². The van der Waals surface area contributed by atoms with Crippen molar-refractivity contribution in [2.24, 2.45) is 5.73 Å². The summed E-state index contributed by atoms with van der Waals surface area (Å²) in [5, 5.41) is 3.01. The lowest BCUT2D eigenvalue weighted by Crippen LogP contribution is -2.49. The van der Waals surface area contributed by atoms with E-state index in [4.69, 9.17) is 19.9 Å². The van der Waals surface area contributed by atoms with Crippen molar-refractivity contribution in [1.29, 1.82) is 0 Å². The zero-order valence-electron chi connectivity index (χ0n) is 13.3. The van der Waals surface area contributed by atoms with E-state index in [0.29, 0.717) is 22.8 Å². The standard InChI is InChI=1S/C16H24N2O4/c1-20-13-8-10(9-14(21-2)15(13)22-3)16(19)18-12-7-5-4-6-11(12)17/h8-9,11-12H,4-7,17H2,1-3H3,(H,18,19)/t11-,12-/m1/s1. The number of carbonyl (C=O) groups is 1. The number of hydrogen-bond acceptors (Lipinski definition) is 5. The van der Waals surface area contributed by atoms with Crippen LogP contribution in [0.3, 0.4) is 0 Å². The molecule has 0 aromatic heterocycles. The molecule has 2 rings (SSSR count). The fourth-order valence-corrected chi connectivity index (χ4v) is 2.80. The average Bonchev–Trinajstić information content (AvgIpc) is 2.55. The maximum absolute atomic E-state index is 12.5. The van der Waals surface area contributed by atoms with E-state index in [0.717, 1.165) is 25.7 Å². The SMILES string of the molecule is COc1cc(C(=O)N[C@@H]2CCCC[C@H]2N)cc(OC)c1OC. The molecule has 6 nitrogen and oxygen atoms in total. The molecular formula is C16H24N2O4. The molecule has 0 unspecified atom stereocenters. The van der Waals surface area contributed by atoms with Crippen LogP contribution < -0.4 is 25.3 Å². The lowest BCUT2D eigenvalue weighted by atomic mass is 9.91. The van der Waals surface area contributed by atoms with Gasteiger partial charge in [0.1, 0.15) is 0 Å². The molecule has 1 aromatic carbocycles. The smallest absolute Gasteiger partial charge is 0.251 e. The van der Waals surface area contributed by atoms with Crippen molar-refractivity contribution >= 4 is 5.91 Å². The lowest BCUT2D eigenvalue weighted by molar-refractivity contribution is 0.0920. The number of rotatable bonds is 5. The van der Waals surface area contributed by atoms with Crippen molar-refractivity contribution in [2.45, 2.75) is 37.8 Å². The molecule has 1 aliphatic rings. The number of carbonyl (C=O) groups excluding carboxylic acids is 1. The summed E-state index contributed by atoms with van der Waals surface area (Å²) >= 11 is 0. The van der Waals surface area contributed by atoms with Crippen molar-refractivity contribution in [3.8, 4) is 17.2 Å². The first-order chi connectivity index (χ1) is 10.6. The van der Waals surface area contributed by atoms with Crippen LogP contribution in [0, 0.1) is 0 Å². The fourth-order valence-electron chi connectivity index (χ4n) is 2.80. The van der Waals surface area contributed by atoms with Crippen LogP contribution in [0.4, 0.5) is 0 Å². The number of benzene rings is 1. The van der Waals surface area contributed by atoms with Gasteiger partial charge in [0.05, 0.1) is 21.3 Å². The van der Waals surface area contributed by atoms with Gasteiger partial charge in [-0.2, -0.15) is 0 Å². The van der Waals surface area contributed by atoms with Crippen molar-refractivity contribution in [2.75, 3.05) is 21.3 Å². The zero-order chi connectivity index (χ0) is 16.1. The highest BCUT2D eigenvalue weighted by atomic mass is 16.5. The summed E-state index contributed by atoms with van der Waals surface area (Å²) in [7, 11) is 4.58. The lowest BCUT2D eigenvalue weighted by Gasteiger charge is -2.29. The maximum Gasteiger partial charge on any atom is 0.251 e. The Balaban J connectivity index is 2.21. The van der Waals surface area contributed by atoms with E-state index < -0.39 is 0 Å². The molecule has 0 spiro atoms. The Hall–Kier alpha value is -1.95. The second kappa shape index (κ2) is 7.35. The second-order valence-corrected chi connectivity index (χ2v) is 5.44. The molecule has 0 radical (unpaired) electrons. The number of nitrogens with one attached hydrogen (secondary N) is 1. The predicted octanol–water partition coefficient (Wildman–Crippen LogP) is 1.71. The minimum atomic E-state index is -0.179. The number of nitrogens with two attached hydrogens (primary N) is 1. The van der Waals surface area contributed by atoms with Crippen LogP contribution in [-0.2, 0) is 0 Å². The minimum Gasteiger partial charge on any atom is -0.493 e. The molecule has 1 amide bonds. The van der Waals surface area contributed by atoms with Crippen LogP contribution in [-0.4, -0.2) is 39.3 Å². The Morgan fingerprint density at radius 3 is 2.18 bits per heavy atom. The van der Waals surface area contributed by atoms with Crippen LogP contribution in [0.5, 0.6) is 17.2 Å². The Morgan fingerprint density at radius 1 is 1.09 bits per heavy atom. The number of ether oxygens (including phenoxy) is 3. The summed E-state index contributed by atoms with van der Waals surface area (Å²) in [6.45, 7) is 0. The van der Waals surface area contributed by atoms with Crippen molar-refractivity contribution < 1.29 is 19.0 Å². The van der Waals surface area contributed by atoms with E-state index in [2.05, 4.69) is 5.32 Å². The normalized spacial score (nSPS) is 21.1. The first-order valence-corrected chi connectivity index (χ1v) is 7.47. The molecule has 3 N–H and O–H groups in total. The fraction of sp³-hybridized carbons (Fsp3) is 0.562. The van der Waals surface area contributed by atoms with Crippen molar-refractivity contribution in [3.63, 3.8) is 0 Å². The Morgan fingerprint density at radius 2 is 1.68 bits per heavy atom. The quantitative estimate of drug-likeness (QED) is 0.865. The summed E-state index contributed by atoms with van der Waals surface area (Å²) < 4.78 is 15.8. The second-order valence-electron chi connectivity index (χ2n) is 5.44. The number of methoxy groups -OCH3 is 3. The molecule has 6 heteroatoms. The molecule has 1 saturated carbocycles. The van der Waals surface area contributed by atoms with Crippen LogP contribution in [0.1, 0.15) is 36.0 Å². The van der Waals surface area contributed by atoms with Gasteiger partial charge in [0, 0.05) is 17.6 Å². The third-order valence-corrected chi connectivity index (χ3v) is 4.06. The molecule has 1 aliphatic carbocycles. The van der Waals surface area contributed by atoms with E-state index in [1.165, 1.54) is 21.3 Å². The van der Waals surface area contributed by atoms with Gasteiger partial charge in [-0.3, -0.25) is 4.79 Å². The molecule has 0 bridgehead atoms. The van der Waals surface area contributed by atoms with E-state index >= 15 is 0 Å². The van der Waals surface area contributed by atoms with Gasteiger partial charge in [0.15, 0.2) is 11.5 Å². The topological polar surface area (TPSA) is 82.8 Å². The number of hydrogen-bond donors (Lipinski definition) is 2. The molecule has 2 atom stereocenters. The summed E-state index contributed by atoms with van der Waals surface area (Å²) in [5.41, 5.74) is 6.54. The van der Waals surface area contributed by atoms with Gasteiger partial charge in [-0.1, -0.05) is 12.8 Å². The molecule has 0 aliphatic heterocycles. The van der Waals surface area contributed by atoms with Gasteiger partial charge in [0.2, 0.25) is 5.75 Å². The van der Waals surface area contributed by atoms with E-state index in [9.17, 15) is 4.79 Å². The van der Waals surface area contributed by atoms with Gasteiger partial charge in [-0.15, -0.1) is 0 Å². The van der Waals surface area contributed by atoms with Crippen LogP contribution in [0.25, 0.3) is 0 Å². The monoisotopic (exact) mass is 308 g/mol. The van der Waals surface area contributed by atoms with E-state index in [1.54, 1.807) is 12.1 Å². The van der Waals surface area contributed by atoms with Gasteiger partial charge in [0.25, 0.3) is 5.91 Å². The molecule has 122 valence electrons. The third kappa shape index (κ3) is 3.44. The summed E-state index contributed by atoms with van der Waals surface area (Å²) in [6.07, 6.45) is 4.07. The van der Waals surface area contributed by atoms with Crippen molar-refractivity contribution in [1.82, 2.24) is 5.32 Å². The number of amides is 1. The van der Waals surface area contributed by atoms with E-state index in [-0.39, 0.29) is 18.0 Å². The Bertz CT molecular complexity index is 508. The summed E-state index contributed by atoms with van der Waals surface area (Å²) in [6, 6.07) is 3.32. The maximum atomic E-state index is 12.5. The minimum absolute atomic E-state index is 0.0136. The van der Waals surface area contributed by atoms with Crippen LogP contribution in [0.2, 0.25) is 0 Å². The largest absolute Gasteiger partial charge is 0.493 e. The highest BCUT2D eigenvalue weighted by Gasteiger charge is 2.25. The average molecular weight is 308 g/mol. The summed E-state index contributed by atoms with van der Waals surface area (Å²) in [4.78, 5) is 12.5. The highest BCUT2D eigenvalue weighted by molar-refractivity contribution is 5.95. The van der Waals surface area contributed by atoms with Gasteiger partial charge in [-0.25, -0.2) is 0 Å². The van der Waals surface area contributed by atoms with E-state index in [1.807, 2.05) is 0 Å². The molecule has 1 aromatic rings. The summed E-state index contributed by atoms with van der Waals surface area (Å²) in [5.74, 6) is 1.21. The zero-order valence-corrected chi connectivity index (χ0v) is 13.3.